The number of unbranched alkanes of at least 4 members (excludes halogenated alkanes) is 4. The Hall–Kier alpha value is -0.570. The summed E-state index contributed by atoms with van der Waals surface area (Å²) < 4.78 is 0. The molecule has 13 heavy (non-hydrogen) atoms. The first-order valence-electron chi connectivity index (χ1n) is 5.19. The zero-order valence-electron chi connectivity index (χ0n) is 8.81. The molecule has 78 valence electrons. The zero-order chi connectivity index (χ0) is 10.1. The maximum Gasteiger partial charge on any atom is 0.234 e. The highest BCUT2D eigenvalue weighted by molar-refractivity contribution is 5.79. The van der Waals surface area contributed by atoms with E-state index in [4.69, 9.17) is 5.73 Å². The van der Waals surface area contributed by atoms with Crippen molar-refractivity contribution in [1.29, 1.82) is 0 Å². The molecule has 0 aromatic rings. The van der Waals surface area contributed by atoms with E-state index in [-0.39, 0.29) is 11.9 Å². The molecule has 1 amide bonds. The van der Waals surface area contributed by atoms with Crippen LogP contribution in [0, 0.1) is 0 Å². The lowest BCUT2D eigenvalue weighted by Gasteiger charge is -2.11. The quantitative estimate of drug-likeness (QED) is 0.563. The summed E-state index contributed by atoms with van der Waals surface area (Å²) in [5, 5.41) is 2.92. The molecule has 0 aliphatic carbocycles. The molecular weight excluding hydrogens is 164 g/mol. The van der Waals surface area contributed by atoms with Crippen LogP contribution >= 0.6 is 0 Å². The Morgan fingerprint density at radius 3 is 2.38 bits per heavy atom. The Labute approximate surface area is 81.1 Å². The molecule has 3 N–H and O–H groups in total. The predicted octanol–water partition coefficient (Wildman–Crippen LogP) is 1.42. The van der Waals surface area contributed by atoms with Gasteiger partial charge in [-0.15, -0.1) is 0 Å². The van der Waals surface area contributed by atoms with Gasteiger partial charge in [0.05, 0.1) is 6.04 Å². The monoisotopic (exact) mass is 186 g/mol. The maximum atomic E-state index is 10.8. The summed E-state index contributed by atoms with van der Waals surface area (Å²) in [6, 6.07) is -0.137. The van der Waals surface area contributed by atoms with Crippen LogP contribution in [-0.2, 0) is 4.79 Å². The predicted molar refractivity (Wildman–Crippen MR) is 55.4 cm³/mol. The van der Waals surface area contributed by atoms with Crippen LogP contribution in [0.4, 0.5) is 0 Å². The first kappa shape index (κ1) is 12.4. The third kappa shape index (κ3) is 6.58. The highest BCUT2D eigenvalue weighted by Gasteiger charge is 2.10. The second-order valence-corrected chi connectivity index (χ2v) is 3.45. The highest BCUT2D eigenvalue weighted by Crippen LogP contribution is 2.06. The van der Waals surface area contributed by atoms with Crippen molar-refractivity contribution in [2.24, 2.45) is 5.73 Å². The van der Waals surface area contributed by atoms with Crippen molar-refractivity contribution in [1.82, 2.24) is 5.32 Å². The molecule has 0 fully saturated rings. The van der Waals surface area contributed by atoms with E-state index in [1.165, 1.54) is 25.7 Å². The van der Waals surface area contributed by atoms with Gasteiger partial charge in [-0.25, -0.2) is 0 Å². The van der Waals surface area contributed by atoms with Gasteiger partial charge in [0.15, 0.2) is 0 Å². The summed E-state index contributed by atoms with van der Waals surface area (Å²) in [6.45, 7) is 2.19. The second-order valence-electron chi connectivity index (χ2n) is 3.45. The number of hydrogen-bond acceptors (Lipinski definition) is 2. The number of amides is 1. The van der Waals surface area contributed by atoms with Crippen molar-refractivity contribution in [3.8, 4) is 0 Å². The molecule has 0 saturated heterocycles. The van der Waals surface area contributed by atoms with Crippen LogP contribution < -0.4 is 11.1 Å². The number of rotatable bonds is 8. The number of carbonyl (C=O) groups is 1. The van der Waals surface area contributed by atoms with Crippen molar-refractivity contribution in [3.63, 3.8) is 0 Å². The minimum Gasteiger partial charge on any atom is -0.368 e. The van der Waals surface area contributed by atoms with Crippen LogP contribution in [0.1, 0.15) is 45.4 Å². The van der Waals surface area contributed by atoms with Crippen molar-refractivity contribution in [2.45, 2.75) is 51.5 Å². The summed E-state index contributed by atoms with van der Waals surface area (Å²) >= 11 is 0. The molecule has 0 aromatic heterocycles. The molecule has 0 bridgehead atoms. The van der Waals surface area contributed by atoms with Crippen LogP contribution in [0.3, 0.4) is 0 Å². The van der Waals surface area contributed by atoms with Gasteiger partial charge in [-0.05, 0) is 13.5 Å². The van der Waals surface area contributed by atoms with Crippen molar-refractivity contribution in [3.05, 3.63) is 0 Å². The molecule has 0 heterocycles. The fourth-order valence-electron chi connectivity index (χ4n) is 1.38. The molecule has 0 aliphatic rings. The van der Waals surface area contributed by atoms with Crippen LogP contribution in [0.5, 0.6) is 0 Å². The fraction of sp³-hybridized carbons (Fsp3) is 0.900. The van der Waals surface area contributed by atoms with Gasteiger partial charge in [0.2, 0.25) is 5.91 Å². The molecular formula is C10H22N2O. The van der Waals surface area contributed by atoms with Gasteiger partial charge in [0, 0.05) is 0 Å². The van der Waals surface area contributed by atoms with E-state index in [1.54, 1.807) is 7.05 Å². The van der Waals surface area contributed by atoms with Gasteiger partial charge in [0.25, 0.3) is 0 Å². The summed E-state index contributed by atoms with van der Waals surface area (Å²) in [6.07, 6.45) is 6.99. The van der Waals surface area contributed by atoms with E-state index < -0.39 is 0 Å². The largest absolute Gasteiger partial charge is 0.368 e. The lowest BCUT2D eigenvalue weighted by Crippen LogP contribution is -2.38. The van der Waals surface area contributed by atoms with Crippen molar-refractivity contribution >= 4 is 5.91 Å². The molecule has 0 rings (SSSR count). The lowest BCUT2D eigenvalue weighted by molar-refractivity contribution is -0.120. The van der Waals surface area contributed by atoms with Crippen LogP contribution in [-0.4, -0.2) is 19.0 Å². The Morgan fingerprint density at radius 1 is 1.31 bits per heavy atom. The van der Waals surface area contributed by atoms with Crippen molar-refractivity contribution in [2.75, 3.05) is 7.05 Å². The van der Waals surface area contributed by atoms with E-state index in [9.17, 15) is 4.79 Å². The Balaban J connectivity index is 3.33. The summed E-state index contributed by atoms with van der Waals surface area (Å²) in [5.74, 6) is -0.238. The minimum atomic E-state index is -0.238. The van der Waals surface area contributed by atoms with E-state index in [2.05, 4.69) is 12.2 Å². The van der Waals surface area contributed by atoms with Gasteiger partial charge < -0.3 is 11.1 Å². The minimum absolute atomic E-state index is 0.137. The highest BCUT2D eigenvalue weighted by atomic mass is 16.1. The maximum absolute atomic E-state index is 10.8. The third-order valence-corrected chi connectivity index (χ3v) is 2.29. The lowest BCUT2D eigenvalue weighted by atomic mass is 10.1. The smallest absolute Gasteiger partial charge is 0.234 e. The average Bonchev–Trinajstić information content (AvgIpc) is 2.10. The Kier molecular flexibility index (Phi) is 7.69. The molecule has 1 unspecified atom stereocenters. The van der Waals surface area contributed by atoms with E-state index in [1.807, 2.05) is 0 Å². The number of carbonyl (C=O) groups excluding carboxylic acids is 1. The molecule has 0 aliphatic heterocycles. The molecule has 3 nitrogen and oxygen atoms in total. The van der Waals surface area contributed by atoms with Gasteiger partial charge in [-0.3, -0.25) is 4.79 Å². The average molecular weight is 186 g/mol. The van der Waals surface area contributed by atoms with E-state index in [0.717, 1.165) is 12.8 Å². The van der Waals surface area contributed by atoms with Crippen LogP contribution in [0.2, 0.25) is 0 Å². The number of nitrogens with two attached hydrogens (primary N) is 1. The summed E-state index contributed by atoms with van der Waals surface area (Å²) in [4.78, 5) is 10.8. The second kappa shape index (κ2) is 8.05. The molecule has 0 aromatic carbocycles. The molecule has 0 radical (unpaired) electrons. The zero-order valence-corrected chi connectivity index (χ0v) is 8.81. The normalized spacial score (nSPS) is 12.8. The molecule has 0 spiro atoms. The number of likely N-dealkylation sites (N-methyl/N-ethyl adjacent to an activating group) is 1. The summed E-state index contributed by atoms with van der Waals surface area (Å²) in [7, 11) is 1.78. The standard InChI is InChI=1S/C10H22N2O/c1-3-4-5-6-7-8-9(12-2)10(11)13/h9,12H,3-8H2,1-2H3,(H2,11,13). The number of nitrogens with one attached hydrogen (secondary N) is 1. The topological polar surface area (TPSA) is 55.1 Å². The van der Waals surface area contributed by atoms with Crippen LogP contribution in [0.15, 0.2) is 0 Å². The van der Waals surface area contributed by atoms with E-state index >= 15 is 0 Å². The Bertz CT molecular complexity index is 137. The van der Waals surface area contributed by atoms with Crippen LogP contribution in [0.25, 0.3) is 0 Å². The SMILES string of the molecule is CCCCCCCC(NC)C(N)=O. The number of primary amides is 1. The van der Waals surface area contributed by atoms with Gasteiger partial charge in [0.1, 0.15) is 0 Å². The molecule has 0 saturated carbocycles. The molecule has 1 atom stereocenters. The molecule has 3 heteroatoms. The third-order valence-electron chi connectivity index (χ3n) is 2.29. The Morgan fingerprint density at radius 2 is 1.92 bits per heavy atom. The van der Waals surface area contributed by atoms with Gasteiger partial charge in [-0.2, -0.15) is 0 Å². The van der Waals surface area contributed by atoms with Gasteiger partial charge >= 0.3 is 0 Å². The first-order valence-corrected chi connectivity index (χ1v) is 5.19. The number of hydrogen-bond donors (Lipinski definition) is 2. The fourth-order valence-corrected chi connectivity index (χ4v) is 1.38. The summed E-state index contributed by atoms with van der Waals surface area (Å²) in [5.41, 5.74) is 5.19. The van der Waals surface area contributed by atoms with E-state index in [0.29, 0.717) is 0 Å². The van der Waals surface area contributed by atoms with Gasteiger partial charge in [-0.1, -0.05) is 39.0 Å². The van der Waals surface area contributed by atoms with Crippen molar-refractivity contribution < 1.29 is 4.79 Å². The first-order chi connectivity index (χ1) is 6.22.